The zero-order chi connectivity index (χ0) is 17.5. The second kappa shape index (κ2) is 10.7. The number of hydrogen-bond acceptors (Lipinski definition) is 5. The van der Waals surface area contributed by atoms with Gasteiger partial charge < -0.3 is 15.0 Å². The summed E-state index contributed by atoms with van der Waals surface area (Å²) in [7, 11) is 5.63. The Hall–Kier alpha value is -1.20. The quantitative estimate of drug-likeness (QED) is 0.377. The molecule has 0 aliphatic heterocycles. The average molecular weight is 478 g/mol. The molecule has 140 valence electrons. The zero-order valence-electron chi connectivity index (χ0n) is 15.4. The summed E-state index contributed by atoms with van der Waals surface area (Å²) in [5, 5.41) is 10.6. The summed E-state index contributed by atoms with van der Waals surface area (Å²) in [5.41, 5.74) is 2.11. The molecule has 0 fully saturated rings. The first-order valence-electron chi connectivity index (χ1n) is 7.97. The van der Waals surface area contributed by atoms with E-state index in [1.807, 2.05) is 33.4 Å². The van der Waals surface area contributed by atoms with Crippen LogP contribution in [0, 0.1) is 0 Å². The van der Waals surface area contributed by atoms with E-state index >= 15 is 0 Å². The van der Waals surface area contributed by atoms with E-state index in [1.54, 1.807) is 23.1 Å². The fourth-order valence-electron chi connectivity index (χ4n) is 2.19. The molecule has 0 amide bonds. The van der Waals surface area contributed by atoms with E-state index in [9.17, 15) is 0 Å². The van der Waals surface area contributed by atoms with E-state index in [-0.39, 0.29) is 30.1 Å². The van der Waals surface area contributed by atoms with Gasteiger partial charge in [-0.25, -0.2) is 9.98 Å². The summed E-state index contributed by atoms with van der Waals surface area (Å²) in [6.45, 7) is 6.19. The van der Waals surface area contributed by atoms with Crippen molar-refractivity contribution in [2.24, 2.45) is 12.0 Å². The monoisotopic (exact) mass is 478 g/mol. The van der Waals surface area contributed by atoms with Gasteiger partial charge in [-0.15, -0.1) is 35.3 Å². The Morgan fingerprint density at radius 2 is 2.28 bits per heavy atom. The van der Waals surface area contributed by atoms with Crippen LogP contribution in [0.3, 0.4) is 0 Å². The van der Waals surface area contributed by atoms with Gasteiger partial charge in [-0.2, -0.15) is 5.10 Å². The summed E-state index contributed by atoms with van der Waals surface area (Å²) in [4.78, 5) is 11.4. The molecule has 1 unspecified atom stereocenters. The third-order valence-electron chi connectivity index (χ3n) is 3.54. The highest BCUT2D eigenvalue weighted by Crippen LogP contribution is 2.20. The van der Waals surface area contributed by atoms with Crippen LogP contribution in [-0.2, 0) is 24.9 Å². The molecule has 0 saturated heterocycles. The van der Waals surface area contributed by atoms with Crippen LogP contribution < -0.4 is 5.32 Å². The number of aliphatic imine (C=N–C) groups is 1. The van der Waals surface area contributed by atoms with Gasteiger partial charge in [-0.3, -0.25) is 4.68 Å². The largest absolute Gasteiger partial charge is 0.375 e. The van der Waals surface area contributed by atoms with Crippen LogP contribution in [0.5, 0.6) is 0 Å². The van der Waals surface area contributed by atoms with Crippen LogP contribution in [-0.4, -0.2) is 46.3 Å². The molecule has 1 atom stereocenters. The second-order valence-electron chi connectivity index (χ2n) is 5.60. The van der Waals surface area contributed by atoms with Crippen molar-refractivity contribution in [1.82, 2.24) is 25.0 Å². The minimum absolute atomic E-state index is 0. The second-order valence-corrected chi connectivity index (χ2v) is 6.49. The molecule has 0 aromatic carbocycles. The predicted octanol–water partition coefficient (Wildman–Crippen LogP) is 2.80. The Kier molecular flexibility index (Phi) is 9.36. The maximum absolute atomic E-state index is 5.32. The first kappa shape index (κ1) is 21.8. The number of thiazole rings is 1. The molecule has 0 spiro atoms. The predicted molar refractivity (Wildman–Crippen MR) is 112 cm³/mol. The first-order chi connectivity index (χ1) is 11.5. The summed E-state index contributed by atoms with van der Waals surface area (Å²) < 4.78 is 7.11. The van der Waals surface area contributed by atoms with E-state index in [0.29, 0.717) is 13.1 Å². The molecule has 9 heteroatoms. The van der Waals surface area contributed by atoms with E-state index in [4.69, 9.17) is 4.74 Å². The third-order valence-corrected chi connectivity index (χ3v) is 4.59. The molecule has 0 aliphatic carbocycles. The van der Waals surface area contributed by atoms with Crippen molar-refractivity contribution in [3.63, 3.8) is 0 Å². The maximum atomic E-state index is 5.32. The van der Waals surface area contributed by atoms with Crippen molar-refractivity contribution < 1.29 is 4.74 Å². The molecular formula is C16H27IN6OS. The van der Waals surface area contributed by atoms with Crippen molar-refractivity contribution in [2.45, 2.75) is 33.0 Å². The Bertz CT molecular complexity index is 671. The molecule has 0 aliphatic rings. The van der Waals surface area contributed by atoms with Crippen LogP contribution in [0.4, 0.5) is 0 Å². The molecule has 1 N–H and O–H groups in total. The van der Waals surface area contributed by atoms with Crippen LogP contribution in [0.25, 0.3) is 0 Å². The first-order valence-corrected chi connectivity index (χ1v) is 8.85. The van der Waals surface area contributed by atoms with Crippen molar-refractivity contribution in [3.8, 4) is 0 Å². The minimum Gasteiger partial charge on any atom is -0.375 e. The zero-order valence-corrected chi connectivity index (χ0v) is 18.5. The van der Waals surface area contributed by atoms with Crippen molar-refractivity contribution in [1.29, 1.82) is 0 Å². The van der Waals surface area contributed by atoms with Gasteiger partial charge in [-0.1, -0.05) is 0 Å². The van der Waals surface area contributed by atoms with E-state index in [1.165, 1.54) is 0 Å². The van der Waals surface area contributed by atoms with Gasteiger partial charge in [0.2, 0.25) is 0 Å². The van der Waals surface area contributed by atoms with Crippen molar-refractivity contribution in [3.05, 3.63) is 34.0 Å². The third kappa shape index (κ3) is 6.55. The lowest BCUT2D eigenvalue weighted by atomic mass is 10.4. The van der Waals surface area contributed by atoms with Gasteiger partial charge in [0, 0.05) is 44.9 Å². The van der Waals surface area contributed by atoms with E-state index in [2.05, 4.69) is 37.6 Å². The molecule has 0 bridgehead atoms. The van der Waals surface area contributed by atoms with E-state index < -0.39 is 0 Å². The molecule has 25 heavy (non-hydrogen) atoms. The highest BCUT2D eigenvalue weighted by Gasteiger charge is 2.12. The van der Waals surface area contributed by atoms with Crippen LogP contribution in [0.1, 0.15) is 36.2 Å². The van der Waals surface area contributed by atoms with Crippen molar-refractivity contribution >= 4 is 41.3 Å². The molecule has 7 nitrogen and oxygen atoms in total. The molecule has 0 saturated carbocycles. The Morgan fingerprint density at radius 3 is 2.88 bits per heavy atom. The number of guanidine groups is 1. The summed E-state index contributed by atoms with van der Waals surface area (Å²) >= 11 is 1.63. The Morgan fingerprint density at radius 1 is 1.52 bits per heavy atom. The Labute approximate surface area is 170 Å². The van der Waals surface area contributed by atoms with Crippen LogP contribution in [0.15, 0.2) is 22.8 Å². The van der Waals surface area contributed by atoms with E-state index in [0.717, 1.165) is 28.8 Å². The highest BCUT2D eigenvalue weighted by molar-refractivity contribution is 14.0. The number of aryl methyl sites for hydroxylation is 1. The smallest absolute Gasteiger partial charge is 0.194 e. The summed E-state index contributed by atoms with van der Waals surface area (Å²) in [6, 6.07) is 0. The lowest BCUT2D eigenvalue weighted by Crippen LogP contribution is -2.38. The molecular weight excluding hydrogens is 451 g/mol. The fraction of sp³-hybridized carbons (Fsp3) is 0.562. The number of nitrogens with one attached hydrogen (secondary N) is 1. The normalized spacial score (nSPS) is 12.6. The number of aromatic nitrogens is 3. The van der Waals surface area contributed by atoms with Gasteiger partial charge in [0.25, 0.3) is 0 Å². The number of hydrogen-bond donors (Lipinski definition) is 1. The maximum Gasteiger partial charge on any atom is 0.194 e. The number of rotatable bonds is 7. The number of halogens is 1. The van der Waals surface area contributed by atoms with Crippen LogP contribution in [0.2, 0.25) is 0 Å². The number of nitrogens with zero attached hydrogens (tertiary/aromatic N) is 5. The topological polar surface area (TPSA) is 67.6 Å². The van der Waals surface area contributed by atoms with Crippen molar-refractivity contribution in [2.75, 3.05) is 20.7 Å². The minimum atomic E-state index is 0. The molecule has 0 radical (unpaired) electrons. The molecule has 2 rings (SSSR count). The lowest BCUT2D eigenvalue weighted by Gasteiger charge is -2.21. The standard InChI is InChI=1S/C16H26N6OS.HI/c1-6-17-16(18-7-13-8-19-22(4)9-13)21(3)10-14-11-24-15(20-14)12(2)23-5;/h8-9,11-12H,6-7,10H2,1-5H3,(H,17,18);1H. The molecule has 2 aromatic rings. The highest BCUT2D eigenvalue weighted by atomic mass is 127. The Balaban J connectivity index is 0.00000312. The van der Waals surface area contributed by atoms with Gasteiger partial charge in [0.05, 0.1) is 25.0 Å². The number of methoxy groups -OCH3 is 1. The SMILES string of the molecule is CCNC(=NCc1cnn(C)c1)N(C)Cc1csc(C(C)OC)n1.I. The van der Waals surface area contributed by atoms with Gasteiger partial charge in [0.15, 0.2) is 5.96 Å². The lowest BCUT2D eigenvalue weighted by molar-refractivity contribution is 0.119. The summed E-state index contributed by atoms with van der Waals surface area (Å²) in [6.07, 6.45) is 3.85. The molecule has 2 heterocycles. The molecule has 2 aromatic heterocycles. The average Bonchev–Trinajstić information content (AvgIpc) is 3.19. The number of ether oxygens (including phenoxy) is 1. The van der Waals surface area contributed by atoms with Gasteiger partial charge in [0.1, 0.15) is 11.1 Å². The van der Waals surface area contributed by atoms with Gasteiger partial charge in [-0.05, 0) is 13.8 Å². The van der Waals surface area contributed by atoms with Gasteiger partial charge >= 0.3 is 0 Å². The fourth-order valence-corrected chi connectivity index (χ4v) is 3.03. The van der Waals surface area contributed by atoms with Crippen LogP contribution >= 0.6 is 35.3 Å². The summed E-state index contributed by atoms with van der Waals surface area (Å²) in [5.74, 6) is 0.857.